The van der Waals surface area contributed by atoms with Gasteiger partial charge < -0.3 is 10.2 Å². The first-order valence-electron chi connectivity index (χ1n) is 4.53. The summed E-state index contributed by atoms with van der Waals surface area (Å²) in [6.07, 6.45) is 1.91. The number of alkyl halides is 1. The largest absolute Gasteiger partial charge is 0.472 e. The molecule has 1 heterocycles. The van der Waals surface area contributed by atoms with Crippen LogP contribution in [0.2, 0.25) is 0 Å². The minimum absolute atomic E-state index is 0.127. The highest BCUT2D eigenvalue weighted by molar-refractivity contribution is 5.10. The Balaban J connectivity index is 2.70. The van der Waals surface area contributed by atoms with E-state index in [1.54, 1.807) is 6.07 Å². The molecule has 0 aliphatic rings. The van der Waals surface area contributed by atoms with E-state index in [1.807, 2.05) is 13.8 Å². The quantitative estimate of drug-likeness (QED) is 0.782. The fraction of sp³-hybridized carbons (Fsp3) is 0.600. The van der Waals surface area contributed by atoms with Crippen molar-refractivity contribution in [1.82, 2.24) is 0 Å². The van der Waals surface area contributed by atoms with E-state index in [-0.39, 0.29) is 11.8 Å². The van der Waals surface area contributed by atoms with Crippen molar-refractivity contribution in [3.8, 4) is 0 Å². The summed E-state index contributed by atoms with van der Waals surface area (Å²) < 4.78 is 18.6. The molecule has 3 heteroatoms. The Morgan fingerprint density at radius 1 is 1.54 bits per heavy atom. The molecule has 0 radical (unpaired) electrons. The van der Waals surface area contributed by atoms with E-state index in [1.165, 1.54) is 12.5 Å². The van der Waals surface area contributed by atoms with Crippen molar-refractivity contribution >= 4 is 0 Å². The van der Waals surface area contributed by atoms with E-state index in [4.69, 9.17) is 10.2 Å². The number of rotatable bonds is 4. The van der Waals surface area contributed by atoms with Crippen molar-refractivity contribution < 1.29 is 8.81 Å². The molecule has 1 rings (SSSR count). The van der Waals surface area contributed by atoms with Crippen LogP contribution in [0.4, 0.5) is 4.39 Å². The third-order valence-electron chi connectivity index (χ3n) is 2.37. The van der Waals surface area contributed by atoms with Gasteiger partial charge in [0.2, 0.25) is 0 Å². The zero-order valence-electron chi connectivity index (χ0n) is 8.03. The van der Waals surface area contributed by atoms with Crippen LogP contribution in [0.5, 0.6) is 0 Å². The Labute approximate surface area is 77.9 Å². The lowest BCUT2D eigenvalue weighted by atomic mass is 9.88. The van der Waals surface area contributed by atoms with E-state index < -0.39 is 6.17 Å². The van der Waals surface area contributed by atoms with E-state index in [9.17, 15) is 4.39 Å². The maximum atomic E-state index is 13.7. The Kier molecular flexibility index (Phi) is 3.48. The monoisotopic (exact) mass is 185 g/mol. The molecule has 1 aromatic heterocycles. The summed E-state index contributed by atoms with van der Waals surface area (Å²) in [5.74, 6) is 0.118. The standard InChI is InChI=1S/C10H16FNO/c1-7(2)9(5-12)10(11)8-3-4-13-6-8/h3-4,6-7,9-10H,5,12H2,1-2H3. The van der Waals surface area contributed by atoms with Gasteiger partial charge in [0.25, 0.3) is 0 Å². The van der Waals surface area contributed by atoms with Crippen LogP contribution in [0.3, 0.4) is 0 Å². The molecule has 2 unspecified atom stereocenters. The average molecular weight is 185 g/mol. The van der Waals surface area contributed by atoms with Gasteiger partial charge in [0.1, 0.15) is 6.17 Å². The summed E-state index contributed by atoms with van der Waals surface area (Å²) in [4.78, 5) is 0. The molecule has 0 spiro atoms. The van der Waals surface area contributed by atoms with Gasteiger partial charge in [0, 0.05) is 11.5 Å². The molecule has 0 aliphatic carbocycles. The fourth-order valence-electron chi connectivity index (χ4n) is 1.41. The van der Waals surface area contributed by atoms with Crippen molar-refractivity contribution in [2.75, 3.05) is 6.54 Å². The lowest BCUT2D eigenvalue weighted by molar-refractivity contribution is 0.188. The van der Waals surface area contributed by atoms with Gasteiger partial charge in [-0.2, -0.15) is 0 Å². The molecule has 2 N–H and O–H groups in total. The van der Waals surface area contributed by atoms with Crippen LogP contribution in [-0.2, 0) is 0 Å². The molecule has 0 saturated heterocycles. The van der Waals surface area contributed by atoms with Gasteiger partial charge in [-0.05, 0) is 18.5 Å². The molecule has 1 aromatic rings. The summed E-state index contributed by atoms with van der Waals surface area (Å²) in [6, 6.07) is 1.65. The van der Waals surface area contributed by atoms with Crippen LogP contribution < -0.4 is 5.73 Å². The first kappa shape index (κ1) is 10.3. The minimum atomic E-state index is -1.01. The van der Waals surface area contributed by atoms with Gasteiger partial charge in [-0.1, -0.05) is 13.8 Å². The second kappa shape index (κ2) is 4.42. The first-order chi connectivity index (χ1) is 6.16. The molecule has 74 valence electrons. The molecular weight excluding hydrogens is 169 g/mol. The van der Waals surface area contributed by atoms with Crippen LogP contribution >= 0.6 is 0 Å². The lowest BCUT2D eigenvalue weighted by Crippen LogP contribution is -2.24. The molecular formula is C10H16FNO. The summed E-state index contributed by atoms with van der Waals surface area (Å²) in [7, 11) is 0. The highest BCUT2D eigenvalue weighted by atomic mass is 19.1. The van der Waals surface area contributed by atoms with E-state index in [0.717, 1.165) is 0 Å². The first-order valence-corrected chi connectivity index (χ1v) is 4.53. The van der Waals surface area contributed by atoms with Gasteiger partial charge in [-0.25, -0.2) is 4.39 Å². The Morgan fingerprint density at radius 3 is 2.62 bits per heavy atom. The van der Waals surface area contributed by atoms with Gasteiger partial charge in [-0.3, -0.25) is 0 Å². The van der Waals surface area contributed by atoms with E-state index in [0.29, 0.717) is 12.1 Å². The topological polar surface area (TPSA) is 39.2 Å². The van der Waals surface area contributed by atoms with Gasteiger partial charge in [0.05, 0.1) is 12.5 Å². The van der Waals surface area contributed by atoms with Crippen LogP contribution in [0.25, 0.3) is 0 Å². The summed E-state index contributed by atoms with van der Waals surface area (Å²) in [6.45, 7) is 4.32. The highest BCUT2D eigenvalue weighted by Crippen LogP contribution is 2.30. The number of furan rings is 1. The summed E-state index contributed by atoms with van der Waals surface area (Å²) in [5, 5.41) is 0. The SMILES string of the molecule is CC(C)C(CN)C(F)c1ccoc1. The van der Waals surface area contributed by atoms with Crippen LogP contribution in [0, 0.1) is 11.8 Å². The number of halogens is 1. The predicted molar refractivity (Wildman–Crippen MR) is 49.9 cm³/mol. The van der Waals surface area contributed by atoms with Crippen molar-refractivity contribution in [1.29, 1.82) is 0 Å². The van der Waals surface area contributed by atoms with E-state index >= 15 is 0 Å². The fourth-order valence-corrected chi connectivity index (χ4v) is 1.41. The zero-order chi connectivity index (χ0) is 9.84. The number of hydrogen-bond donors (Lipinski definition) is 1. The van der Waals surface area contributed by atoms with Crippen LogP contribution in [-0.4, -0.2) is 6.54 Å². The second-order valence-corrected chi connectivity index (χ2v) is 3.60. The molecule has 0 saturated carbocycles. The van der Waals surface area contributed by atoms with Gasteiger partial charge in [-0.15, -0.1) is 0 Å². The number of nitrogens with two attached hydrogens (primary N) is 1. The van der Waals surface area contributed by atoms with Crippen molar-refractivity contribution in [2.24, 2.45) is 17.6 Å². The summed E-state index contributed by atoms with van der Waals surface area (Å²) >= 11 is 0. The zero-order valence-corrected chi connectivity index (χ0v) is 8.03. The molecule has 0 aliphatic heterocycles. The van der Waals surface area contributed by atoms with E-state index in [2.05, 4.69) is 0 Å². The smallest absolute Gasteiger partial charge is 0.132 e. The predicted octanol–water partition coefficient (Wildman–Crippen LogP) is 2.52. The van der Waals surface area contributed by atoms with Gasteiger partial charge in [0.15, 0.2) is 0 Å². The molecule has 13 heavy (non-hydrogen) atoms. The Hall–Kier alpha value is -0.830. The average Bonchev–Trinajstić information content (AvgIpc) is 2.56. The molecule has 0 fully saturated rings. The summed E-state index contributed by atoms with van der Waals surface area (Å²) in [5.41, 5.74) is 6.10. The Morgan fingerprint density at radius 2 is 2.23 bits per heavy atom. The number of hydrogen-bond acceptors (Lipinski definition) is 2. The minimum Gasteiger partial charge on any atom is -0.472 e. The normalized spacial score (nSPS) is 16.1. The van der Waals surface area contributed by atoms with Crippen LogP contribution in [0.1, 0.15) is 25.6 Å². The third-order valence-corrected chi connectivity index (χ3v) is 2.37. The molecule has 0 amide bonds. The molecule has 0 aromatic carbocycles. The molecule has 2 nitrogen and oxygen atoms in total. The molecule has 2 atom stereocenters. The van der Waals surface area contributed by atoms with Crippen molar-refractivity contribution in [2.45, 2.75) is 20.0 Å². The molecule has 0 bridgehead atoms. The lowest BCUT2D eigenvalue weighted by Gasteiger charge is -2.21. The highest BCUT2D eigenvalue weighted by Gasteiger charge is 2.25. The Bertz CT molecular complexity index is 233. The van der Waals surface area contributed by atoms with Crippen molar-refractivity contribution in [3.63, 3.8) is 0 Å². The van der Waals surface area contributed by atoms with Crippen molar-refractivity contribution in [3.05, 3.63) is 24.2 Å². The maximum absolute atomic E-state index is 13.7. The maximum Gasteiger partial charge on any atom is 0.132 e. The van der Waals surface area contributed by atoms with Crippen LogP contribution in [0.15, 0.2) is 23.0 Å². The second-order valence-electron chi connectivity index (χ2n) is 3.60. The van der Waals surface area contributed by atoms with Gasteiger partial charge >= 0.3 is 0 Å². The third kappa shape index (κ3) is 2.31.